The molecule has 4 nitrogen and oxygen atoms in total. The van der Waals surface area contributed by atoms with Crippen molar-refractivity contribution in [2.75, 3.05) is 0 Å². The average Bonchev–Trinajstić information content (AvgIpc) is 2.90. The van der Waals surface area contributed by atoms with Crippen molar-refractivity contribution in [1.29, 1.82) is 0 Å². The maximum Gasteiger partial charge on any atom is 0.328 e. The van der Waals surface area contributed by atoms with E-state index in [0.717, 1.165) is 42.5 Å². The van der Waals surface area contributed by atoms with E-state index >= 15 is 0 Å². The summed E-state index contributed by atoms with van der Waals surface area (Å²) in [6, 6.07) is 20.2. The number of H-pyrrole nitrogens is 1. The molecule has 0 fully saturated rings. The molecule has 1 N–H and O–H groups in total. The summed E-state index contributed by atoms with van der Waals surface area (Å²) in [7, 11) is 0. The van der Waals surface area contributed by atoms with Crippen LogP contribution in [0.25, 0.3) is 0 Å². The summed E-state index contributed by atoms with van der Waals surface area (Å²) in [4.78, 5) is 27.8. The van der Waals surface area contributed by atoms with Gasteiger partial charge in [-0.2, -0.15) is 0 Å². The van der Waals surface area contributed by atoms with Crippen molar-refractivity contribution in [2.45, 2.75) is 38.1 Å². The molecule has 4 heteroatoms. The minimum Gasteiger partial charge on any atom is -0.292 e. The second kappa shape index (κ2) is 7.16. The molecule has 0 aliphatic heterocycles. The lowest BCUT2D eigenvalue weighted by molar-refractivity contribution is 0.596. The third-order valence-electron chi connectivity index (χ3n) is 5.22. The SMILES string of the molecule is O=c1[nH]c(=O)n(Cc2ccccc2)c2c1CCCCC2c1ccccc1. The normalized spacial score (nSPS) is 16.7. The first-order valence-corrected chi connectivity index (χ1v) is 9.19. The fourth-order valence-corrected chi connectivity index (χ4v) is 3.99. The molecule has 1 aliphatic rings. The zero-order valence-corrected chi connectivity index (χ0v) is 14.7. The second-order valence-electron chi connectivity index (χ2n) is 6.90. The number of fused-ring (bicyclic) bond motifs is 1. The van der Waals surface area contributed by atoms with Crippen LogP contribution in [0.3, 0.4) is 0 Å². The van der Waals surface area contributed by atoms with Crippen molar-refractivity contribution in [3.05, 3.63) is 104 Å². The van der Waals surface area contributed by atoms with E-state index in [1.165, 1.54) is 5.56 Å². The number of nitrogens with one attached hydrogen (secondary N) is 1. The molecule has 0 spiro atoms. The van der Waals surface area contributed by atoms with E-state index in [0.29, 0.717) is 6.54 Å². The fourth-order valence-electron chi connectivity index (χ4n) is 3.99. The number of benzene rings is 2. The van der Waals surface area contributed by atoms with E-state index in [4.69, 9.17) is 0 Å². The standard InChI is InChI=1S/C22H22N2O2/c25-21-19-14-8-7-13-18(17-11-5-2-6-12-17)20(19)24(22(26)23-21)15-16-9-3-1-4-10-16/h1-6,9-12,18H,7-8,13-15H2,(H,23,25,26). The number of hydrogen-bond acceptors (Lipinski definition) is 2. The Kier molecular flexibility index (Phi) is 4.57. The number of aromatic amines is 1. The first-order valence-electron chi connectivity index (χ1n) is 9.19. The van der Waals surface area contributed by atoms with Gasteiger partial charge in [0, 0.05) is 17.2 Å². The van der Waals surface area contributed by atoms with Crippen LogP contribution in [0.1, 0.15) is 47.6 Å². The van der Waals surface area contributed by atoms with Crippen molar-refractivity contribution >= 4 is 0 Å². The summed E-state index contributed by atoms with van der Waals surface area (Å²) in [6.07, 6.45) is 3.70. The van der Waals surface area contributed by atoms with Gasteiger partial charge in [0.25, 0.3) is 5.56 Å². The largest absolute Gasteiger partial charge is 0.328 e. The lowest BCUT2D eigenvalue weighted by atomic mass is 9.90. The third-order valence-corrected chi connectivity index (χ3v) is 5.22. The molecule has 4 rings (SSSR count). The molecule has 0 bridgehead atoms. The number of nitrogens with zero attached hydrogens (tertiary/aromatic N) is 1. The van der Waals surface area contributed by atoms with Crippen LogP contribution in [-0.4, -0.2) is 9.55 Å². The Morgan fingerprint density at radius 1 is 0.923 bits per heavy atom. The molecule has 0 amide bonds. The summed E-state index contributed by atoms with van der Waals surface area (Å²) < 4.78 is 1.77. The predicted molar refractivity (Wildman–Crippen MR) is 103 cm³/mol. The van der Waals surface area contributed by atoms with Gasteiger partial charge in [0.05, 0.1) is 6.54 Å². The van der Waals surface area contributed by atoms with Crippen molar-refractivity contribution in [3.63, 3.8) is 0 Å². The van der Waals surface area contributed by atoms with Crippen LogP contribution in [0, 0.1) is 0 Å². The molecule has 132 valence electrons. The molecular formula is C22H22N2O2. The van der Waals surface area contributed by atoms with Gasteiger partial charge < -0.3 is 0 Å². The molecule has 3 aromatic rings. The maximum atomic E-state index is 12.7. The smallest absolute Gasteiger partial charge is 0.292 e. The maximum absolute atomic E-state index is 12.7. The molecule has 0 radical (unpaired) electrons. The van der Waals surface area contributed by atoms with Crippen LogP contribution >= 0.6 is 0 Å². The van der Waals surface area contributed by atoms with E-state index in [9.17, 15) is 9.59 Å². The highest BCUT2D eigenvalue weighted by molar-refractivity contribution is 5.34. The molecule has 1 atom stereocenters. The van der Waals surface area contributed by atoms with Crippen LogP contribution in [-0.2, 0) is 13.0 Å². The molecule has 0 saturated heterocycles. The minimum atomic E-state index is -0.319. The van der Waals surface area contributed by atoms with Crippen LogP contribution in [0.4, 0.5) is 0 Å². The van der Waals surface area contributed by atoms with Gasteiger partial charge in [-0.1, -0.05) is 67.1 Å². The van der Waals surface area contributed by atoms with E-state index in [1.807, 2.05) is 48.5 Å². The zero-order valence-electron chi connectivity index (χ0n) is 14.7. The van der Waals surface area contributed by atoms with E-state index in [-0.39, 0.29) is 17.2 Å². The van der Waals surface area contributed by atoms with Crippen LogP contribution in [0.2, 0.25) is 0 Å². The number of hydrogen-bond donors (Lipinski definition) is 1. The van der Waals surface area contributed by atoms with Crippen LogP contribution in [0.15, 0.2) is 70.3 Å². The molecule has 0 saturated carbocycles. The summed E-state index contributed by atoms with van der Waals surface area (Å²) in [5.74, 6) is 0.0763. The molecule has 26 heavy (non-hydrogen) atoms. The van der Waals surface area contributed by atoms with Crippen molar-refractivity contribution in [2.24, 2.45) is 0 Å². The van der Waals surface area contributed by atoms with Gasteiger partial charge in [-0.25, -0.2) is 4.79 Å². The molecule has 1 unspecified atom stereocenters. The third kappa shape index (κ3) is 3.15. The molecule has 1 aromatic heterocycles. The first-order chi connectivity index (χ1) is 12.7. The average molecular weight is 346 g/mol. The van der Waals surface area contributed by atoms with E-state index in [2.05, 4.69) is 17.1 Å². The van der Waals surface area contributed by atoms with Gasteiger partial charge in [0.15, 0.2) is 0 Å². The Morgan fingerprint density at radius 3 is 2.35 bits per heavy atom. The molecular weight excluding hydrogens is 324 g/mol. The predicted octanol–water partition coefficient (Wildman–Crippen LogP) is 3.44. The highest BCUT2D eigenvalue weighted by Crippen LogP contribution is 2.34. The van der Waals surface area contributed by atoms with Crippen LogP contribution in [0.5, 0.6) is 0 Å². The number of rotatable bonds is 3. The highest BCUT2D eigenvalue weighted by Gasteiger charge is 2.26. The van der Waals surface area contributed by atoms with Crippen molar-refractivity contribution in [1.82, 2.24) is 9.55 Å². The fraction of sp³-hybridized carbons (Fsp3) is 0.273. The lowest BCUT2D eigenvalue weighted by Gasteiger charge is -2.22. The summed E-state index contributed by atoms with van der Waals surface area (Å²) in [5, 5.41) is 0. The van der Waals surface area contributed by atoms with Crippen LogP contribution < -0.4 is 11.2 Å². The molecule has 1 aliphatic carbocycles. The topological polar surface area (TPSA) is 54.9 Å². The molecule has 2 aromatic carbocycles. The van der Waals surface area contributed by atoms with Gasteiger partial charge in [-0.15, -0.1) is 0 Å². The quantitative estimate of drug-likeness (QED) is 0.739. The Labute approximate surface area is 152 Å². The molecule has 1 heterocycles. The summed E-state index contributed by atoms with van der Waals surface area (Å²) in [6.45, 7) is 0.474. The number of aromatic nitrogens is 2. The Hall–Kier alpha value is -2.88. The Balaban J connectivity index is 1.92. The summed E-state index contributed by atoms with van der Waals surface area (Å²) >= 11 is 0. The monoisotopic (exact) mass is 346 g/mol. The van der Waals surface area contributed by atoms with Gasteiger partial charge in [-0.05, 0) is 30.4 Å². The van der Waals surface area contributed by atoms with E-state index < -0.39 is 0 Å². The Morgan fingerprint density at radius 2 is 1.62 bits per heavy atom. The zero-order chi connectivity index (χ0) is 17.9. The van der Waals surface area contributed by atoms with Gasteiger partial charge >= 0.3 is 5.69 Å². The Bertz CT molecular complexity index is 1000. The van der Waals surface area contributed by atoms with Crippen molar-refractivity contribution < 1.29 is 0 Å². The minimum absolute atomic E-state index is 0.0763. The highest BCUT2D eigenvalue weighted by atomic mass is 16.2. The second-order valence-corrected chi connectivity index (χ2v) is 6.90. The van der Waals surface area contributed by atoms with Crippen molar-refractivity contribution in [3.8, 4) is 0 Å². The van der Waals surface area contributed by atoms with E-state index in [1.54, 1.807) is 4.57 Å². The first kappa shape index (κ1) is 16.6. The van der Waals surface area contributed by atoms with Gasteiger partial charge in [0.1, 0.15) is 0 Å². The van der Waals surface area contributed by atoms with Gasteiger partial charge in [0.2, 0.25) is 0 Å². The van der Waals surface area contributed by atoms with Gasteiger partial charge in [-0.3, -0.25) is 14.3 Å². The lowest BCUT2D eigenvalue weighted by Crippen LogP contribution is -2.36. The summed E-state index contributed by atoms with van der Waals surface area (Å²) in [5.41, 5.74) is 3.35.